The molecule has 8 heteroatoms. The van der Waals surface area contributed by atoms with Gasteiger partial charge in [0.15, 0.2) is 9.84 Å². The Morgan fingerprint density at radius 2 is 2.32 bits per heavy atom. The largest absolute Gasteiger partial charge is 0.320 e. The van der Waals surface area contributed by atoms with Gasteiger partial charge in [0.1, 0.15) is 5.37 Å². The van der Waals surface area contributed by atoms with Gasteiger partial charge in [-0.3, -0.25) is 4.79 Å². The zero-order valence-corrected chi connectivity index (χ0v) is 14.4. The lowest BCUT2D eigenvalue weighted by Gasteiger charge is -2.34. The molecule has 0 bridgehead atoms. The molecule has 106 valence electrons. The van der Waals surface area contributed by atoms with Crippen LogP contribution >= 0.6 is 39.0 Å². The van der Waals surface area contributed by atoms with Crippen LogP contribution < -0.4 is 0 Å². The number of amides is 1. The van der Waals surface area contributed by atoms with E-state index in [2.05, 4.69) is 15.9 Å². The van der Waals surface area contributed by atoms with E-state index in [1.807, 2.05) is 0 Å². The molecule has 1 unspecified atom stereocenters. The maximum Gasteiger partial charge on any atom is 0.255 e. The van der Waals surface area contributed by atoms with E-state index in [0.717, 1.165) is 9.54 Å². The number of hydrogen-bond acceptors (Lipinski definition) is 5. The van der Waals surface area contributed by atoms with Gasteiger partial charge < -0.3 is 4.90 Å². The Labute approximate surface area is 129 Å². The van der Waals surface area contributed by atoms with Crippen LogP contribution in [0.25, 0.3) is 0 Å². The van der Waals surface area contributed by atoms with Crippen LogP contribution in [-0.4, -0.2) is 48.4 Å². The van der Waals surface area contributed by atoms with E-state index in [-0.39, 0.29) is 11.7 Å². The van der Waals surface area contributed by atoms with E-state index in [0.29, 0.717) is 17.9 Å². The molecule has 19 heavy (non-hydrogen) atoms. The highest BCUT2D eigenvalue weighted by Crippen LogP contribution is 2.26. The molecule has 4 nitrogen and oxygen atoms in total. The topological polar surface area (TPSA) is 54.5 Å². The number of thiophene rings is 1. The predicted molar refractivity (Wildman–Crippen MR) is 83.6 cm³/mol. The molecule has 1 aliphatic rings. The SMILES string of the molecule is CCS(=O)(=O)C1CSCCN1C(=O)c1csc(Br)c1. The number of carbonyl (C=O) groups excluding carboxylic acids is 1. The van der Waals surface area contributed by atoms with Gasteiger partial charge in [0, 0.05) is 29.2 Å². The predicted octanol–water partition coefficient (Wildman–Crippen LogP) is 2.46. The molecule has 0 N–H and O–H groups in total. The Balaban J connectivity index is 2.27. The minimum atomic E-state index is -3.24. The Morgan fingerprint density at radius 3 is 2.89 bits per heavy atom. The fraction of sp³-hybridized carbons (Fsp3) is 0.545. The van der Waals surface area contributed by atoms with E-state index >= 15 is 0 Å². The van der Waals surface area contributed by atoms with Gasteiger partial charge in [-0.05, 0) is 22.0 Å². The minimum Gasteiger partial charge on any atom is -0.320 e. The number of sulfone groups is 1. The lowest BCUT2D eigenvalue weighted by molar-refractivity contribution is 0.0750. The van der Waals surface area contributed by atoms with E-state index in [1.54, 1.807) is 30.1 Å². The zero-order valence-electron chi connectivity index (χ0n) is 10.3. The van der Waals surface area contributed by atoms with E-state index in [4.69, 9.17) is 0 Å². The molecule has 1 aromatic heterocycles. The van der Waals surface area contributed by atoms with Crippen molar-refractivity contribution in [1.82, 2.24) is 4.90 Å². The van der Waals surface area contributed by atoms with Gasteiger partial charge in [-0.1, -0.05) is 6.92 Å². The van der Waals surface area contributed by atoms with Crippen molar-refractivity contribution in [1.29, 1.82) is 0 Å². The van der Waals surface area contributed by atoms with Crippen LogP contribution in [0.5, 0.6) is 0 Å². The first kappa shape index (κ1) is 15.3. The van der Waals surface area contributed by atoms with Crippen molar-refractivity contribution in [3.8, 4) is 0 Å². The molecule has 1 fully saturated rings. The number of thioether (sulfide) groups is 1. The molecule has 1 amide bonds. The monoisotopic (exact) mass is 383 g/mol. The summed E-state index contributed by atoms with van der Waals surface area (Å²) in [5, 5.41) is 1.06. The van der Waals surface area contributed by atoms with Crippen LogP contribution in [-0.2, 0) is 9.84 Å². The third-order valence-electron chi connectivity index (χ3n) is 2.98. The highest BCUT2D eigenvalue weighted by molar-refractivity contribution is 9.11. The molecule has 1 aromatic rings. The standard InChI is InChI=1S/C11H14BrNO3S3/c1-2-19(15,16)10-7-17-4-3-13(10)11(14)8-5-9(12)18-6-8/h5-6,10H,2-4,7H2,1H3. The van der Waals surface area contributed by atoms with Gasteiger partial charge in [-0.25, -0.2) is 8.42 Å². The second-order valence-corrected chi connectivity index (χ2v) is 10.0. The van der Waals surface area contributed by atoms with Crippen LogP contribution in [0.4, 0.5) is 0 Å². The Morgan fingerprint density at radius 1 is 1.58 bits per heavy atom. The maximum absolute atomic E-state index is 12.4. The summed E-state index contributed by atoms with van der Waals surface area (Å²) in [7, 11) is -3.24. The number of hydrogen-bond donors (Lipinski definition) is 0. The molecule has 1 saturated heterocycles. The molecule has 1 atom stereocenters. The summed E-state index contributed by atoms with van der Waals surface area (Å²) >= 11 is 6.33. The number of rotatable bonds is 3. The van der Waals surface area contributed by atoms with Crippen LogP contribution in [0.3, 0.4) is 0 Å². The molecule has 2 heterocycles. The summed E-state index contributed by atoms with van der Waals surface area (Å²) in [6.07, 6.45) is 0. The fourth-order valence-electron chi connectivity index (χ4n) is 1.89. The quantitative estimate of drug-likeness (QED) is 0.804. The lowest BCUT2D eigenvalue weighted by atomic mass is 10.3. The van der Waals surface area contributed by atoms with Crippen molar-refractivity contribution in [3.63, 3.8) is 0 Å². The second-order valence-electron chi connectivity index (χ2n) is 4.12. The summed E-state index contributed by atoms with van der Waals surface area (Å²) < 4.78 is 25.1. The van der Waals surface area contributed by atoms with Crippen LogP contribution in [0.2, 0.25) is 0 Å². The van der Waals surface area contributed by atoms with Crippen molar-refractivity contribution >= 4 is 54.8 Å². The molecular formula is C11H14BrNO3S3. The first-order valence-corrected chi connectivity index (χ1v) is 10.3. The average Bonchev–Trinajstić information content (AvgIpc) is 2.84. The van der Waals surface area contributed by atoms with E-state index in [9.17, 15) is 13.2 Å². The third-order valence-corrected chi connectivity index (χ3v) is 7.77. The minimum absolute atomic E-state index is 0.0648. The van der Waals surface area contributed by atoms with Gasteiger partial charge >= 0.3 is 0 Å². The van der Waals surface area contributed by atoms with Crippen LogP contribution in [0.1, 0.15) is 17.3 Å². The third kappa shape index (κ3) is 3.34. The van der Waals surface area contributed by atoms with Crippen molar-refractivity contribution in [2.24, 2.45) is 0 Å². The zero-order chi connectivity index (χ0) is 14.0. The normalized spacial score (nSPS) is 20.5. The molecular weight excluding hydrogens is 370 g/mol. The van der Waals surface area contributed by atoms with Gasteiger partial charge in [0.05, 0.1) is 9.35 Å². The van der Waals surface area contributed by atoms with Crippen LogP contribution in [0.15, 0.2) is 15.2 Å². The molecule has 0 aliphatic carbocycles. The summed E-state index contributed by atoms with van der Waals surface area (Å²) in [5.74, 6) is 1.12. The number of nitrogens with zero attached hydrogens (tertiary/aromatic N) is 1. The van der Waals surface area contributed by atoms with Crippen molar-refractivity contribution in [2.45, 2.75) is 12.3 Å². The number of halogens is 1. The maximum atomic E-state index is 12.4. The van der Waals surface area contributed by atoms with Gasteiger partial charge in [-0.2, -0.15) is 11.8 Å². The summed E-state index contributed by atoms with van der Waals surface area (Å²) in [5.41, 5.74) is 0.556. The first-order chi connectivity index (χ1) is 8.95. The lowest BCUT2D eigenvalue weighted by Crippen LogP contribution is -2.50. The molecule has 0 spiro atoms. The van der Waals surface area contributed by atoms with Crippen LogP contribution in [0, 0.1) is 0 Å². The van der Waals surface area contributed by atoms with E-state index in [1.165, 1.54) is 16.2 Å². The van der Waals surface area contributed by atoms with Crippen molar-refractivity contribution in [2.75, 3.05) is 23.8 Å². The second kappa shape index (κ2) is 6.15. The fourth-order valence-corrected chi connectivity index (χ4v) is 5.99. The summed E-state index contributed by atoms with van der Waals surface area (Å²) in [4.78, 5) is 13.9. The van der Waals surface area contributed by atoms with Gasteiger partial charge in [0.25, 0.3) is 5.91 Å². The van der Waals surface area contributed by atoms with Crippen molar-refractivity contribution < 1.29 is 13.2 Å². The molecule has 1 aliphatic heterocycles. The molecule has 2 rings (SSSR count). The summed E-state index contributed by atoms with van der Waals surface area (Å²) in [6.45, 7) is 2.11. The summed E-state index contributed by atoms with van der Waals surface area (Å²) in [6, 6.07) is 1.74. The first-order valence-electron chi connectivity index (χ1n) is 5.80. The molecule has 0 saturated carbocycles. The number of carbonyl (C=O) groups is 1. The van der Waals surface area contributed by atoms with Gasteiger partial charge in [0.2, 0.25) is 0 Å². The smallest absolute Gasteiger partial charge is 0.255 e. The Hall–Kier alpha value is -0.0500. The van der Waals surface area contributed by atoms with Gasteiger partial charge in [-0.15, -0.1) is 11.3 Å². The molecule has 0 aromatic carbocycles. The Bertz CT molecular complexity index is 569. The Kier molecular flexibility index (Phi) is 4.97. The highest BCUT2D eigenvalue weighted by atomic mass is 79.9. The average molecular weight is 384 g/mol. The highest BCUT2D eigenvalue weighted by Gasteiger charge is 2.36. The van der Waals surface area contributed by atoms with E-state index < -0.39 is 15.2 Å². The van der Waals surface area contributed by atoms with Crippen molar-refractivity contribution in [3.05, 3.63) is 20.8 Å². The molecule has 0 radical (unpaired) electrons.